The number of pyridine rings is 1. The Kier molecular flexibility index (Phi) is 4.90. The molecule has 0 aliphatic carbocycles. The fourth-order valence-electron chi connectivity index (χ4n) is 2.06. The average molecular weight is 351 g/mol. The zero-order chi connectivity index (χ0) is 17.2. The van der Waals surface area contributed by atoms with Crippen molar-refractivity contribution in [1.29, 1.82) is 5.26 Å². The van der Waals surface area contributed by atoms with Crippen molar-refractivity contribution >= 4 is 27.4 Å². The summed E-state index contributed by atoms with van der Waals surface area (Å²) < 4.78 is 22.6. The van der Waals surface area contributed by atoms with Crippen LogP contribution in [0.25, 0.3) is 0 Å². The molecule has 8 heteroatoms. The third kappa shape index (κ3) is 3.79. The zero-order valence-corrected chi connectivity index (χ0v) is 14.1. The summed E-state index contributed by atoms with van der Waals surface area (Å²) in [5.41, 5.74) is 1.04. The Morgan fingerprint density at radius 1 is 1.26 bits per heavy atom. The van der Waals surface area contributed by atoms with E-state index in [9.17, 15) is 8.42 Å². The summed E-state index contributed by atoms with van der Waals surface area (Å²) in [6.45, 7) is 1.94. The highest BCUT2D eigenvalue weighted by atomic mass is 35.5. The molecule has 2 rings (SSSR count). The van der Waals surface area contributed by atoms with Gasteiger partial charge in [-0.1, -0.05) is 23.7 Å². The number of hydrogen-bond donors (Lipinski definition) is 1. The van der Waals surface area contributed by atoms with Gasteiger partial charge in [-0.3, -0.25) is 0 Å². The van der Waals surface area contributed by atoms with Crippen LogP contribution in [0.4, 0.5) is 5.82 Å². The fraction of sp³-hybridized carbons (Fsp3) is 0.200. The number of benzene rings is 1. The van der Waals surface area contributed by atoms with Crippen molar-refractivity contribution in [2.24, 2.45) is 5.14 Å². The van der Waals surface area contributed by atoms with E-state index in [2.05, 4.69) is 4.98 Å². The molecular weight excluding hydrogens is 336 g/mol. The number of aromatic nitrogens is 1. The van der Waals surface area contributed by atoms with Crippen LogP contribution in [-0.4, -0.2) is 20.4 Å². The van der Waals surface area contributed by atoms with Crippen LogP contribution in [0, 0.1) is 11.3 Å². The van der Waals surface area contributed by atoms with Gasteiger partial charge in [0.1, 0.15) is 11.9 Å². The number of rotatable bonds is 4. The van der Waals surface area contributed by atoms with Crippen molar-refractivity contribution in [3.63, 3.8) is 0 Å². The second-order valence-corrected chi connectivity index (χ2v) is 6.98. The first kappa shape index (κ1) is 17.2. The van der Waals surface area contributed by atoms with Crippen molar-refractivity contribution in [2.75, 3.05) is 11.9 Å². The fourth-order valence-corrected chi connectivity index (χ4v) is 2.73. The van der Waals surface area contributed by atoms with E-state index >= 15 is 0 Å². The SMILES string of the molecule is CC(c1ccc(S(N)(=O)=O)cc1)N(C)c1ccc(Cl)c(C#N)n1. The summed E-state index contributed by atoms with van der Waals surface area (Å²) in [6.07, 6.45) is 0. The van der Waals surface area contributed by atoms with Crippen LogP contribution in [0.1, 0.15) is 24.2 Å². The smallest absolute Gasteiger partial charge is 0.238 e. The first-order valence-electron chi connectivity index (χ1n) is 6.66. The third-order valence-electron chi connectivity index (χ3n) is 3.57. The standard InChI is InChI=1S/C15H15ClN4O2S/c1-10(11-3-5-12(6-4-11)23(18,21)22)20(2)15-8-7-13(16)14(9-17)19-15/h3-8,10H,1-2H3,(H2,18,21,22). The van der Waals surface area contributed by atoms with Gasteiger partial charge < -0.3 is 4.90 Å². The van der Waals surface area contributed by atoms with E-state index in [4.69, 9.17) is 22.0 Å². The molecule has 0 radical (unpaired) electrons. The Labute approximate surface area is 140 Å². The van der Waals surface area contributed by atoms with Crippen molar-refractivity contribution in [2.45, 2.75) is 17.9 Å². The quantitative estimate of drug-likeness (QED) is 0.912. The normalized spacial score (nSPS) is 12.5. The Morgan fingerprint density at radius 2 is 1.87 bits per heavy atom. The Hall–Kier alpha value is -2.14. The highest BCUT2D eigenvalue weighted by molar-refractivity contribution is 7.89. The second-order valence-electron chi connectivity index (χ2n) is 5.01. The van der Waals surface area contributed by atoms with Gasteiger partial charge in [-0.15, -0.1) is 0 Å². The first-order chi connectivity index (χ1) is 10.7. The largest absolute Gasteiger partial charge is 0.353 e. The van der Waals surface area contributed by atoms with Crippen LogP contribution < -0.4 is 10.0 Å². The summed E-state index contributed by atoms with van der Waals surface area (Å²) in [5, 5.41) is 14.4. The molecule has 0 bridgehead atoms. The van der Waals surface area contributed by atoms with Crippen LogP contribution in [0.3, 0.4) is 0 Å². The second kappa shape index (κ2) is 6.54. The molecule has 1 atom stereocenters. The van der Waals surface area contributed by atoms with Crippen LogP contribution >= 0.6 is 11.6 Å². The van der Waals surface area contributed by atoms with Crippen LogP contribution in [-0.2, 0) is 10.0 Å². The number of nitrogens with two attached hydrogens (primary N) is 1. The maximum Gasteiger partial charge on any atom is 0.238 e. The van der Waals surface area contributed by atoms with Crippen LogP contribution in [0.15, 0.2) is 41.3 Å². The number of anilines is 1. The summed E-state index contributed by atoms with van der Waals surface area (Å²) in [4.78, 5) is 6.14. The number of primary sulfonamides is 1. The van der Waals surface area contributed by atoms with E-state index in [0.29, 0.717) is 10.8 Å². The third-order valence-corrected chi connectivity index (χ3v) is 4.80. The molecule has 0 fully saturated rings. The summed E-state index contributed by atoms with van der Waals surface area (Å²) in [7, 11) is -1.88. The van der Waals surface area contributed by atoms with Gasteiger partial charge in [0.05, 0.1) is 16.0 Å². The molecule has 0 amide bonds. The van der Waals surface area contributed by atoms with Crippen molar-refractivity contribution < 1.29 is 8.42 Å². The van der Waals surface area contributed by atoms with Gasteiger partial charge in [0, 0.05) is 7.05 Å². The van der Waals surface area contributed by atoms with Gasteiger partial charge >= 0.3 is 0 Å². The Balaban J connectivity index is 2.29. The van der Waals surface area contributed by atoms with Crippen LogP contribution in [0.2, 0.25) is 5.02 Å². The Morgan fingerprint density at radius 3 is 2.39 bits per heavy atom. The minimum absolute atomic E-state index is 0.0625. The number of nitrogens with zero attached hydrogens (tertiary/aromatic N) is 3. The molecule has 0 aliphatic heterocycles. The molecule has 0 saturated carbocycles. The molecule has 1 heterocycles. The zero-order valence-electron chi connectivity index (χ0n) is 12.6. The van der Waals surface area contributed by atoms with Crippen molar-refractivity contribution in [3.8, 4) is 6.07 Å². The minimum Gasteiger partial charge on any atom is -0.353 e. The summed E-state index contributed by atoms with van der Waals surface area (Å²) in [6, 6.07) is 11.5. The predicted molar refractivity (Wildman–Crippen MR) is 88.6 cm³/mol. The molecule has 1 aromatic heterocycles. The summed E-state index contributed by atoms with van der Waals surface area (Å²) in [5.74, 6) is 0.592. The number of halogens is 1. The number of sulfonamides is 1. The first-order valence-corrected chi connectivity index (χ1v) is 8.58. The maximum absolute atomic E-state index is 11.3. The van der Waals surface area contributed by atoms with E-state index in [-0.39, 0.29) is 16.6 Å². The molecule has 2 aromatic rings. The van der Waals surface area contributed by atoms with E-state index in [1.165, 1.54) is 12.1 Å². The maximum atomic E-state index is 11.3. The molecule has 23 heavy (non-hydrogen) atoms. The van der Waals surface area contributed by atoms with Gasteiger partial charge in [0.25, 0.3) is 0 Å². The van der Waals surface area contributed by atoms with Gasteiger partial charge in [-0.05, 0) is 36.8 Å². The van der Waals surface area contributed by atoms with Gasteiger partial charge in [0.15, 0.2) is 5.69 Å². The average Bonchev–Trinajstić information content (AvgIpc) is 2.53. The van der Waals surface area contributed by atoms with Crippen LogP contribution in [0.5, 0.6) is 0 Å². The molecular formula is C15H15ClN4O2S. The topological polar surface area (TPSA) is 100 Å². The lowest BCUT2D eigenvalue weighted by Gasteiger charge is -2.26. The van der Waals surface area contributed by atoms with Gasteiger partial charge in [-0.2, -0.15) is 5.26 Å². The molecule has 0 spiro atoms. The monoisotopic (exact) mass is 350 g/mol. The number of hydrogen-bond acceptors (Lipinski definition) is 5. The molecule has 6 nitrogen and oxygen atoms in total. The van der Waals surface area contributed by atoms with Gasteiger partial charge in [0.2, 0.25) is 10.0 Å². The van der Waals surface area contributed by atoms with Crippen molar-refractivity contribution in [3.05, 3.63) is 52.7 Å². The highest BCUT2D eigenvalue weighted by Crippen LogP contribution is 2.26. The van der Waals surface area contributed by atoms with E-state index in [1.54, 1.807) is 24.3 Å². The molecule has 2 N–H and O–H groups in total. The molecule has 1 unspecified atom stereocenters. The number of nitriles is 1. The molecule has 1 aromatic carbocycles. The molecule has 120 valence electrons. The Bertz CT molecular complexity index is 860. The molecule has 0 saturated heterocycles. The van der Waals surface area contributed by atoms with E-state index in [0.717, 1.165) is 5.56 Å². The lowest BCUT2D eigenvalue weighted by Crippen LogP contribution is -2.23. The lowest BCUT2D eigenvalue weighted by molar-refractivity contribution is 0.597. The molecule has 0 aliphatic rings. The predicted octanol–water partition coefficient (Wildman–Crippen LogP) is 2.45. The van der Waals surface area contributed by atoms with Crippen molar-refractivity contribution in [1.82, 2.24) is 4.98 Å². The van der Waals surface area contributed by atoms with E-state index < -0.39 is 10.0 Å². The highest BCUT2D eigenvalue weighted by Gasteiger charge is 2.16. The van der Waals surface area contributed by atoms with E-state index in [1.807, 2.05) is 24.9 Å². The van der Waals surface area contributed by atoms with Gasteiger partial charge in [-0.25, -0.2) is 18.5 Å². The lowest BCUT2D eigenvalue weighted by atomic mass is 10.1. The minimum atomic E-state index is -3.71. The summed E-state index contributed by atoms with van der Waals surface area (Å²) >= 11 is 5.89.